The number of hydrogen-bond donors (Lipinski definition) is 2. The minimum atomic E-state index is -0.999. The number of nitrogens with one attached hydrogen (secondary N) is 1. The summed E-state index contributed by atoms with van der Waals surface area (Å²) in [5.41, 5.74) is 2.68. The number of carbonyl (C=O) groups is 2. The van der Waals surface area contributed by atoms with Gasteiger partial charge in [-0.3, -0.25) is 5.32 Å². The molecule has 0 spiro atoms. The molecule has 0 bridgehead atoms. The molecule has 4 aromatic rings. The molecule has 0 aliphatic rings. The fourth-order valence-corrected chi connectivity index (χ4v) is 3.27. The molecule has 0 aliphatic heterocycles. The van der Waals surface area contributed by atoms with Crippen molar-refractivity contribution in [1.29, 1.82) is 0 Å². The predicted octanol–water partition coefficient (Wildman–Crippen LogP) is 6.45. The summed E-state index contributed by atoms with van der Waals surface area (Å²) in [7, 11) is 0. The van der Waals surface area contributed by atoms with Crippen molar-refractivity contribution in [1.82, 2.24) is 5.16 Å². The number of nitrogens with zero attached hydrogens (tertiary/aromatic N) is 1. The molecule has 2 N–H and O–H groups in total. The first-order valence-electron chi connectivity index (χ1n) is 10.5. The third-order valence-electron chi connectivity index (χ3n) is 5.10. The number of aromatic nitrogens is 1. The maximum Gasteiger partial charge on any atom is 0.412 e. The van der Waals surface area contributed by atoms with E-state index in [1.807, 2.05) is 30.3 Å². The highest BCUT2D eigenvalue weighted by molar-refractivity contribution is 5.91. The molecule has 172 valence electrons. The minimum absolute atomic E-state index is 0.181. The summed E-state index contributed by atoms with van der Waals surface area (Å²) >= 11 is 0. The third kappa shape index (κ3) is 5.24. The zero-order valence-electron chi connectivity index (χ0n) is 18.5. The zero-order valence-corrected chi connectivity index (χ0v) is 18.5. The second kappa shape index (κ2) is 9.91. The van der Waals surface area contributed by atoms with E-state index in [2.05, 4.69) is 10.5 Å². The highest BCUT2D eigenvalue weighted by Crippen LogP contribution is 2.33. The average Bonchev–Trinajstić information content (AvgIpc) is 3.20. The van der Waals surface area contributed by atoms with E-state index in [1.165, 1.54) is 12.1 Å². The van der Waals surface area contributed by atoms with E-state index in [9.17, 15) is 9.59 Å². The lowest BCUT2D eigenvalue weighted by Gasteiger charge is -2.14. The van der Waals surface area contributed by atoms with Crippen LogP contribution in [0.25, 0.3) is 11.3 Å². The first-order chi connectivity index (χ1) is 16.4. The van der Waals surface area contributed by atoms with Crippen molar-refractivity contribution in [3.8, 4) is 22.8 Å². The quantitative estimate of drug-likeness (QED) is 0.327. The molecule has 0 fully saturated rings. The number of carboxylic acids is 1. The number of carboxylic acid groups (broad SMARTS) is 1. The molecule has 0 radical (unpaired) electrons. The van der Waals surface area contributed by atoms with Gasteiger partial charge in [0.2, 0.25) is 0 Å². The van der Waals surface area contributed by atoms with Gasteiger partial charge in [-0.1, -0.05) is 35.5 Å². The molecule has 4 rings (SSSR count). The van der Waals surface area contributed by atoms with E-state index >= 15 is 0 Å². The first kappa shape index (κ1) is 22.6. The van der Waals surface area contributed by atoms with Crippen LogP contribution in [0.5, 0.6) is 11.5 Å². The van der Waals surface area contributed by atoms with Gasteiger partial charge in [-0.15, -0.1) is 0 Å². The monoisotopic (exact) mass is 458 g/mol. The van der Waals surface area contributed by atoms with Crippen LogP contribution in [-0.2, 0) is 4.74 Å². The normalized spacial score (nSPS) is 11.5. The molecule has 0 saturated heterocycles. The van der Waals surface area contributed by atoms with E-state index in [4.69, 9.17) is 19.1 Å². The van der Waals surface area contributed by atoms with Crippen LogP contribution < -0.4 is 10.1 Å². The lowest BCUT2D eigenvalue weighted by Crippen LogP contribution is -2.16. The number of aryl methyl sites for hydroxylation is 1. The maximum atomic E-state index is 12.5. The number of anilines is 1. The molecule has 8 nitrogen and oxygen atoms in total. The van der Waals surface area contributed by atoms with Crippen LogP contribution in [0.4, 0.5) is 10.5 Å². The number of amides is 1. The van der Waals surface area contributed by atoms with E-state index in [1.54, 1.807) is 50.2 Å². The topological polar surface area (TPSA) is 111 Å². The summed E-state index contributed by atoms with van der Waals surface area (Å²) in [6.45, 7) is 3.52. The van der Waals surface area contributed by atoms with Crippen molar-refractivity contribution >= 4 is 17.7 Å². The maximum absolute atomic E-state index is 12.5. The Hall–Kier alpha value is -4.59. The van der Waals surface area contributed by atoms with Crippen molar-refractivity contribution < 1.29 is 28.7 Å². The van der Waals surface area contributed by atoms with Crippen molar-refractivity contribution in [2.24, 2.45) is 0 Å². The number of rotatable bonds is 7. The fraction of sp³-hybridized carbons (Fsp3) is 0.115. The van der Waals surface area contributed by atoms with Crippen LogP contribution in [0.1, 0.15) is 34.6 Å². The molecule has 1 heterocycles. The average molecular weight is 458 g/mol. The molecular weight excluding hydrogens is 436 g/mol. The molecule has 0 saturated carbocycles. The largest absolute Gasteiger partial charge is 0.478 e. The van der Waals surface area contributed by atoms with Gasteiger partial charge in [0.15, 0.2) is 5.76 Å². The second-order valence-corrected chi connectivity index (χ2v) is 7.51. The molecule has 34 heavy (non-hydrogen) atoms. The summed E-state index contributed by atoms with van der Waals surface area (Å²) in [5, 5.41) is 15.7. The third-order valence-corrected chi connectivity index (χ3v) is 5.10. The van der Waals surface area contributed by atoms with Gasteiger partial charge in [0.05, 0.1) is 5.56 Å². The second-order valence-electron chi connectivity index (χ2n) is 7.51. The molecule has 1 amide bonds. The summed E-state index contributed by atoms with van der Waals surface area (Å²) < 4.78 is 16.7. The summed E-state index contributed by atoms with van der Waals surface area (Å²) in [4.78, 5) is 23.5. The van der Waals surface area contributed by atoms with Crippen LogP contribution in [0.3, 0.4) is 0 Å². The Balaban J connectivity index is 1.44. The molecule has 0 aliphatic carbocycles. The van der Waals surface area contributed by atoms with Gasteiger partial charge in [-0.25, -0.2) is 9.59 Å². The molecular formula is C26H22N2O6. The number of carbonyl (C=O) groups excluding carboxylic acids is 1. The lowest BCUT2D eigenvalue weighted by atomic mass is 10.1. The summed E-state index contributed by atoms with van der Waals surface area (Å²) in [6, 6.07) is 22.6. The highest BCUT2D eigenvalue weighted by Gasteiger charge is 2.20. The van der Waals surface area contributed by atoms with Gasteiger partial charge in [-0.2, -0.15) is 0 Å². The van der Waals surface area contributed by atoms with Gasteiger partial charge in [0, 0.05) is 5.56 Å². The van der Waals surface area contributed by atoms with Crippen LogP contribution in [-0.4, -0.2) is 22.3 Å². The zero-order chi connectivity index (χ0) is 24.1. The number of aromatic carboxylic acids is 1. The summed E-state index contributed by atoms with van der Waals surface area (Å²) in [5.74, 6) is 0.444. The smallest absolute Gasteiger partial charge is 0.412 e. The van der Waals surface area contributed by atoms with Crippen LogP contribution in [0.2, 0.25) is 0 Å². The van der Waals surface area contributed by atoms with E-state index in [0.717, 1.165) is 5.56 Å². The van der Waals surface area contributed by atoms with Gasteiger partial charge in [0.1, 0.15) is 29.0 Å². The van der Waals surface area contributed by atoms with Crippen molar-refractivity contribution in [3.05, 3.63) is 95.7 Å². The van der Waals surface area contributed by atoms with Gasteiger partial charge in [0.25, 0.3) is 0 Å². The highest BCUT2D eigenvalue weighted by atomic mass is 16.6. The fourth-order valence-electron chi connectivity index (χ4n) is 3.27. The Kier molecular flexibility index (Phi) is 6.59. The molecule has 3 aromatic carbocycles. The number of ether oxygens (including phenoxy) is 2. The Bertz CT molecular complexity index is 1280. The van der Waals surface area contributed by atoms with Gasteiger partial charge in [-0.05, 0) is 67.9 Å². The predicted molar refractivity (Wildman–Crippen MR) is 125 cm³/mol. The van der Waals surface area contributed by atoms with Gasteiger partial charge >= 0.3 is 12.1 Å². The van der Waals surface area contributed by atoms with Crippen molar-refractivity contribution in [2.75, 3.05) is 5.32 Å². The number of hydrogen-bond acceptors (Lipinski definition) is 6. The summed E-state index contributed by atoms with van der Waals surface area (Å²) in [6.07, 6.45) is -1.04. The Labute approximate surface area is 195 Å². The van der Waals surface area contributed by atoms with Crippen LogP contribution >= 0.6 is 0 Å². The van der Waals surface area contributed by atoms with Crippen LogP contribution in [0.15, 0.2) is 83.4 Å². The number of benzene rings is 3. The van der Waals surface area contributed by atoms with Gasteiger partial charge < -0.3 is 19.1 Å². The van der Waals surface area contributed by atoms with E-state index < -0.39 is 18.2 Å². The molecule has 0 unspecified atom stereocenters. The Morgan fingerprint density at radius 2 is 1.56 bits per heavy atom. The SMILES string of the molecule is Cc1noc(-c2ccc(Oc3ccc(C(=O)O)cc3)cc2)c1NC(=O)O[C@H](C)c1ccccc1. The molecule has 1 atom stereocenters. The Morgan fingerprint density at radius 1 is 0.941 bits per heavy atom. The molecule has 1 aromatic heterocycles. The Morgan fingerprint density at radius 3 is 2.18 bits per heavy atom. The standard InChI is InChI=1S/C26H22N2O6/c1-16-23(27-26(31)32-17(2)18-6-4-3-5-7-18)24(34-28-16)19-8-12-21(13-9-19)33-22-14-10-20(11-15-22)25(29)30/h3-15,17H,1-2H3,(H,27,31)(H,29,30)/t17-/m1/s1. The minimum Gasteiger partial charge on any atom is -0.478 e. The van der Waals surface area contributed by atoms with E-state index in [0.29, 0.717) is 34.2 Å². The van der Waals surface area contributed by atoms with Crippen LogP contribution in [0, 0.1) is 6.92 Å². The lowest BCUT2D eigenvalue weighted by molar-refractivity contribution is 0.0696. The van der Waals surface area contributed by atoms with E-state index in [-0.39, 0.29) is 5.56 Å². The molecule has 8 heteroatoms. The van der Waals surface area contributed by atoms with Crippen molar-refractivity contribution in [2.45, 2.75) is 20.0 Å². The first-order valence-corrected chi connectivity index (χ1v) is 10.5. The van der Waals surface area contributed by atoms with Crippen molar-refractivity contribution in [3.63, 3.8) is 0 Å².